The van der Waals surface area contributed by atoms with E-state index in [0.717, 1.165) is 31.7 Å². The van der Waals surface area contributed by atoms with Crippen LogP contribution in [0.2, 0.25) is 0 Å². The van der Waals surface area contributed by atoms with Crippen molar-refractivity contribution in [2.45, 2.75) is 0 Å². The number of nitrogens with zero attached hydrogens (tertiary/aromatic N) is 3. The number of nitrogens with one attached hydrogen (secondary N) is 3. The zero-order valence-corrected chi connectivity index (χ0v) is 25.2. The summed E-state index contributed by atoms with van der Waals surface area (Å²) in [6.07, 6.45) is 0. The lowest BCUT2D eigenvalue weighted by molar-refractivity contribution is -0.122. The van der Waals surface area contributed by atoms with E-state index < -0.39 is 5.97 Å². The molecule has 0 radical (unpaired) electrons. The van der Waals surface area contributed by atoms with Gasteiger partial charge in [0.25, 0.3) is 11.8 Å². The maximum atomic E-state index is 13.1. The summed E-state index contributed by atoms with van der Waals surface area (Å²) in [5.41, 5.74) is 3.88. The normalized spacial score (nSPS) is 16.0. The van der Waals surface area contributed by atoms with Crippen LogP contribution in [0.4, 0.5) is 11.4 Å². The first-order valence-electron chi connectivity index (χ1n) is 14.7. The minimum absolute atomic E-state index is 0.00833. The van der Waals surface area contributed by atoms with Gasteiger partial charge in [-0.05, 0) is 42.0 Å². The largest absolute Gasteiger partial charge is 0.478 e. The Kier molecular flexibility index (Phi) is 9.88. The Morgan fingerprint density at radius 3 is 2.24 bits per heavy atom. The summed E-state index contributed by atoms with van der Waals surface area (Å²) in [6.45, 7) is 4.66. The molecule has 1 fully saturated rings. The Morgan fingerprint density at radius 2 is 1.58 bits per heavy atom. The number of carboxylic acids is 1. The number of carbonyl (C=O) groups excluding carboxylic acids is 3. The Hall–Kier alpha value is -5.04. The Morgan fingerprint density at radius 1 is 0.911 bits per heavy atom. The second-order valence-electron chi connectivity index (χ2n) is 10.8. The number of hydroxylamine groups is 2. The van der Waals surface area contributed by atoms with Gasteiger partial charge in [-0.3, -0.25) is 29.0 Å². The highest BCUT2D eigenvalue weighted by Gasteiger charge is 2.29. The van der Waals surface area contributed by atoms with Gasteiger partial charge in [-0.15, -0.1) is 0 Å². The lowest BCUT2D eigenvalue weighted by Crippen LogP contribution is -2.50. The monoisotopic (exact) mass is 612 g/mol. The third kappa shape index (κ3) is 7.55. The number of rotatable bonds is 11. The van der Waals surface area contributed by atoms with Gasteiger partial charge in [0.05, 0.1) is 35.7 Å². The van der Waals surface area contributed by atoms with Gasteiger partial charge in [0.1, 0.15) is 0 Å². The van der Waals surface area contributed by atoms with Crippen LogP contribution in [-0.4, -0.2) is 104 Å². The molecule has 0 bridgehead atoms. The maximum absolute atomic E-state index is 13.1. The van der Waals surface area contributed by atoms with E-state index in [1.54, 1.807) is 44.4 Å². The van der Waals surface area contributed by atoms with Crippen molar-refractivity contribution in [3.05, 3.63) is 95.1 Å². The number of carboxylic acid groups (broad SMARTS) is 1. The average molecular weight is 613 g/mol. The van der Waals surface area contributed by atoms with Gasteiger partial charge in [-0.2, -0.15) is 0 Å². The van der Waals surface area contributed by atoms with Crippen molar-refractivity contribution in [2.24, 2.45) is 0 Å². The molecule has 1 saturated heterocycles. The van der Waals surface area contributed by atoms with Crippen LogP contribution in [0, 0.1) is 0 Å². The van der Waals surface area contributed by atoms with Gasteiger partial charge in [0.2, 0.25) is 5.91 Å². The summed E-state index contributed by atoms with van der Waals surface area (Å²) in [7, 11) is 3.22. The molecule has 234 valence electrons. The van der Waals surface area contributed by atoms with E-state index in [0.29, 0.717) is 53.5 Å². The molecule has 3 amide bonds. The van der Waals surface area contributed by atoms with E-state index in [-0.39, 0.29) is 23.3 Å². The molecule has 0 atom stereocenters. The van der Waals surface area contributed by atoms with Gasteiger partial charge in [-0.25, -0.2) is 9.86 Å². The van der Waals surface area contributed by atoms with Crippen molar-refractivity contribution < 1.29 is 29.1 Å². The molecule has 12 heteroatoms. The fourth-order valence-corrected chi connectivity index (χ4v) is 5.28. The molecule has 0 aliphatic carbocycles. The Labute approximate surface area is 261 Å². The SMILES string of the molecule is CNC(=O)CN1CCN(CCON(C)C(=O)c2ccc(N/C(=C3\C(=O)Nc4cc(C(=O)O)ccc43)c3ccccc3)cc2)CC1. The number of carbonyl (C=O) groups is 4. The molecule has 0 saturated carbocycles. The standard InChI is InChI=1S/C33H36N6O6/c1-34-28(40)21-39-16-14-38(15-17-39)18-19-45-37(2)32(42)23-8-11-25(12-9-23)35-30(22-6-4-3-5-7-22)29-26-13-10-24(33(43)44)20-27(26)36-31(29)41/h3-13,20,35H,14-19,21H2,1-2H3,(H,34,40)(H,36,41)(H,43,44)/b30-29-. The second kappa shape index (κ2) is 14.2. The summed E-state index contributed by atoms with van der Waals surface area (Å²) in [4.78, 5) is 59.3. The first-order valence-corrected chi connectivity index (χ1v) is 14.7. The molecule has 0 unspecified atom stereocenters. The third-order valence-corrected chi connectivity index (χ3v) is 7.81. The van der Waals surface area contributed by atoms with Crippen LogP contribution >= 0.6 is 0 Å². The summed E-state index contributed by atoms with van der Waals surface area (Å²) in [5.74, 6) is -1.72. The van der Waals surface area contributed by atoms with Gasteiger partial charge in [0.15, 0.2) is 0 Å². The van der Waals surface area contributed by atoms with Crippen LogP contribution in [0.25, 0.3) is 11.3 Å². The number of hydrogen-bond donors (Lipinski definition) is 4. The number of aromatic carboxylic acids is 1. The van der Waals surface area contributed by atoms with Gasteiger partial charge in [0, 0.05) is 63.6 Å². The first kappa shape index (κ1) is 31.4. The number of likely N-dealkylation sites (N-methyl/N-ethyl adjacent to an activating group) is 1. The van der Waals surface area contributed by atoms with Crippen molar-refractivity contribution in [3.63, 3.8) is 0 Å². The molecule has 2 heterocycles. The fraction of sp³-hybridized carbons (Fsp3) is 0.273. The Balaban J connectivity index is 1.23. The molecule has 12 nitrogen and oxygen atoms in total. The smallest absolute Gasteiger partial charge is 0.335 e. The molecule has 2 aliphatic rings. The van der Waals surface area contributed by atoms with Crippen molar-refractivity contribution in [1.82, 2.24) is 20.2 Å². The highest BCUT2D eigenvalue weighted by atomic mass is 16.7. The molecular weight excluding hydrogens is 576 g/mol. The van der Waals surface area contributed by atoms with Crippen LogP contribution in [0.3, 0.4) is 0 Å². The van der Waals surface area contributed by atoms with E-state index in [2.05, 4.69) is 25.8 Å². The zero-order valence-electron chi connectivity index (χ0n) is 25.2. The summed E-state index contributed by atoms with van der Waals surface area (Å²) in [5, 5.41) is 19.4. The summed E-state index contributed by atoms with van der Waals surface area (Å²) >= 11 is 0. The number of anilines is 2. The van der Waals surface area contributed by atoms with E-state index in [1.165, 1.54) is 17.2 Å². The lowest BCUT2D eigenvalue weighted by Gasteiger charge is -2.34. The highest BCUT2D eigenvalue weighted by molar-refractivity contribution is 6.37. The van der Waals surface area contributed by atoms with Gasteiger partial charge < -0.3 is 21.1 Å². The van der Waals surface area contributed by atoms with Crippen molar-refractivity contribution in [1.29, 1.82) is 0 Å². The maximum Gasteiger partial charge on any atom is 0.335 e. The minimum atomic E-state index is -1.08. The molecule has 0 spiro atoms. The Bertz CT molecular complexity index is 1600. The lowest BCUT2D eigenvalue weighted by atomic mass is 9.99. The number of benzene rings is 3. The predicted octanol–water partition coefficient (Wildman–Crippen LogP) is 2.68. The molecule has 2 aliphatic heterocycles. The topological polar surface area (TPSA) is 144 Å². The number of amides is 3. The van der Waals surface area contributed by atoms with Crippen LogP contribution in [0.1, 0.15) is 31.8 Å². The van der Waals surface area contributed by atoms with E-state index >= 15 is 0 Å². The first-order chi connectivity index (χ1) is 21.7. The molecular formula is C33H36N6O6. The third-order valence-electron chi connectivity index (χ3n) is 7.81. The van der Waals surface area contributed by atoms with Crippen LogP contribution in [0.15, 0.2) is 72.8 Å². The van der Waals surface area contributed by atoms with Crippen molar-refractivity contribution >= 4 is 46.3 Å². The van der Waals surface area contributed by atoms with Crippen molar-refractivity contribution in [2.75, 3.05) is 70.6 Å². The number of piperazine rings is 1. The molecule has 3 aromatic rings. The number of hydrogen-bond acceptors (Lipinski definition) is 8. The average Bonchev–Trinajstić information content (AvgIpc) is 3.39. The molecule has 45 heavy (non-hydrogen) atoms. The van der Waals surface area contributed by atoms with E-state index in [9.17, 15) is 24.3 Å². The van der Waals surface area contributed by atoms with Gasteiger partial charge in [-0.1, -0.05) is 36.4 Å². The second-order valence-corrected chi connectivity index (χ2v) is 10.8. The summed E-state index contributed by atoms with van der Waals surface area (Å²) in [6, 6.07) is 20.8. The van der Waals surface area contributed by atoms with Crippen LogP contribution in [-0.2, 0) is 14.4 Å². The van der Waals surface area contributed by atoms with Crippen LogP contribution < -0.4 is 16.0 Å². The van der Waals surface area contributed by atoms with Gasteiger partial charge >= 0.3 is 5.97 Å². The van der Waals surface area contributed by atoms with Crippen LogP contribution in [0.5, 0.6) is 0 Å². The van der Waals surface area contributed by atoms with E-state index in [1.807, 2.05) is 30.3 Å². The van der Waals surface area contributed by atoms with Crippen molar-refractivity contribution in [3.8, 4) is 0 Å². The predicted molar refractivity (Wildman–Crippen MR) is 170 cm³/mol. The fourth-order valence-electron chi connectivity index (χ4n) is 5.28. The number of fused-ring (bicyclic) bond motifs is 1. The molecule has 3 aromatic carbocycles. The molecule has 5 rings (SSSR count). The summed E-state index contributed by atoms with van der Waals surface area (Å²) < 4.78 is 0. The van der Waals surface area contributed by atoms with E-state index in [4.69, 9.17) is 4.84 Å². The molecule has 0 aromatic heterocycles. The minimum Gasteiger partial charge on any atom is -0.478 e. The zero-order chi connectivity index (χ0) is 31.9. The quantitative estimate of drug-likeness (QED) is 0.190. The molecule has 4 N–H and O–H groups in total. The highest BCUT2D eigenvalue weighted by Crippen LogP contribution is 2.38.